The SMILES string of the molecule is Cc1ccc(-c2ccc3cc4c(cc3c2)C(C)(C)c2cc3c(cc2-4)C(C)(C)c2cc4c(cc2-3)C(C)(C)c2c-4cc(-c3ccc(C)c(C)c3)c3ccccc23)cc1C. The van der Waals surface area contributed by atoms with Crippen LogP contribution in [0.3, 0.4) is 0 Å². The summed E-state index contributed by atoms with van der Waals surface area (Å²) in [5.74, 6) is 0. The Bertz CT molecular complexity index is 3120. The van der Waals surface area contributed by atoms with Gasteiger partial charge in [0.1, 0.15) is 0 Å². The molecule has 0 saturated carbocycles. The summed E-state index contributed by atoms with van der Waals surface area (Å²) in [4.78, 5) is 0. The van der Waals surface area contributed by atoms with Gasteiger partial charge in [0.05, 0.1) is 0 Å². The molecule has 11 rings (SSSR count). The molecule has 0 aromatic heterocycles. The van der Waals surface area contributed by atoms with Crippen molar-refractivity contribution in [2.45, 2.75) is 85.5 Å². The lowest BCUT2D eigenvalue weighted by Gasteiger charge is -2.25. The van der Waals surface area contributed by atoms with Crippen molar-refractivity contribution >= 4 is 21.5 Å². The Kier molecular flexibility index (Phi) is 6.80. The molecule has 57 heavy (non-hydrogen) atoms. The second-order valence-corrected chi connectivity index (χ2v) is 19.2. The third-order valence-corrected chi connectivity index (χ3v) is 14.9. The normalized spacial score (nSPS) is 16.0. The molecule has 0 fully saturated rings. The van der Waals surface area contributed by atoms with Crippen LogP contribution < -0.4 is 0 Å². The van der Waals surface area contributed by atoms with Crippen molar-refractivity contribution in [3.8, 4) is 55.6 Å². The van der Waals surface area contributed by atoms with Crippen LogP contribution in [0.4, 0.5) is 0 Å². The van der Waals surface area contributed by atoms with Crippen LogP contribution in [0.25, 0.3) is 77.2 Å². The maximum atomic E-state index is 2.59. The van der Waals surface area contributed by atoms with E-state index in [0.29, 0.717) is 0 Å². The molecule has 8 aromatic carbocycles. The van der Waals surface area contributed by atoms with Gasteiger partial charge in [0.2, 0.25) is 0 Å². The quantitative estimate of drug-likeness (QED) is 0.166. The van der Waals surface area contributed by atoms with Gasteiger partial charge >= 0.3 is 0 Å². The monoisotopic (exact) mass is 734 g/mol. The summed E-state index contributed by atoms with van der Waals surface area (Å²) < 4.78 is 0. The molecule has 3 aliphatic carbocycles. The number of benzene rings is 8. The first kappa shape index (κ1) is 34.5. The van der Waals surface area contributed by atoms with Crippen molar-refractivity contribution in [1.29, 1.82) is 0 Å². The van der Waals surface area contributed by atoms with Crippen molar-refractivity contribution < 1.29 is 0 Å². The van der Waals surface area contributed by atoms with E-state index in [9.17, 15) is 0 Å². The number of hydrogen-bond acceptors (Lipinski definition) is 0. The van der Waals surface area contributed by atoms with Crippen LogP contribution in [0.1, 0.15) is 97.2 Å². The first-order chi connectivity index (χ1) is 27.1. The van der Waals surface area contributed by atoms with Gasteiger partial charge < -0.3 is 0 Å². The Morgan fingerprint density at radius 3 is 1.35 bits per heavy atom. The predicted octanol–water partition coefficient (Wildman–Crippen LogP) is 15.5. The Hall–Kier alpha value is -5.72. The average Bonchev–Trinajstić information content (AvgIpc) is 3.65. The van der Waals surface area contributed by atoms with Crippen molar-refractivity contribution in [2.75, 3.05) is 0 Å². The summed E-state index contributed by atoms with van der Waals surface area (Å²) in [6.45, 7) is 23.5. The van der Waals surface area contributed by atoms with Crippen LogP contribution in [-0.2, 0) is 16.2 Å². The molecule has 0 nitrogen and oxygen atoms in total. The molecule has 0 radical (unpaired) electrons. The fourth-order valence-corrected chi connectivity index (χ4v) is 11.1. The summed E-state index contributed by atoms with van der Waals surface area (Å²) in [6, 6.07) is 47.7. The molecule has 278 valence electrons. The zero-order valence-electron chi connectivity index (χ0n) is 35.0. The van der Waals surface area contributed by atoms with E-state index in [4.69, 9.17) is 0 Å². The fraction of sp³-hybridized carbons (Fsp3) is 0.228. The molecule has 0 N–H and O–H groups in total. The van der Waals surface area contributed by atoms with E-state index >= 15 is 0 Å². The van der Waals surface area contributed by atoms with Gasteiger partial charge in [-0.3, -0.25) is 0 Å². The van der Waals surface area contributed by atoms with E-state index < -0.39 is 0 Å². The molecule has 0 aliphatic heterocycles. The van der Waals surface area contributed by atoms with Gasteiger partial charge in [-0.05, 0) is 209 Å². The minimum Gasteiger partial charge on any atom is -0.0616 e. The highest BCUT2D eigenvalue weighted by molar-refractivity contribution is 6.07. The Labute approximate surface area is 338 Å². The maximum Gasteiger partial charge on any atom is 0.0165 e. The fourth-order valence-electron chi connectivity index (χ4n) is 11.1. The summed E-state index contributed by atoms with van der Waals surface area (Å²) in [5.41, 5.74) is 27.2. The lowest BCUT2D eigenvalue weighted by atomic mass is 9.78. The van der Waals surface area contributed by atoms with Gasteiger partial charge in [-0.2, -0.15) is 0 Å². The highest BCUT2D eigenvalue weighted by atomic mass is 14.5. The summed E-state index contributed by atoms with van der Waals surface area (Å²) in [5, 5.41) is 5.33. The van der Waals surface area contributed by atoms with E-state index in [0.717, 1.165) is 0 Å². The van der Waals surface area contributed by atoms with Crippen LogP contribution >= 0.6 is 0 Å². The van der Waals surface area contributed by atoms with Gasteiger partial charge in [-0.15, -0.1) is 0 Å². The number of aryl methyl sites for hydroxylation is 4. The van der Waals surface area contributed by atoms with Gasteiger partial charge in [-0.25, -0.2) is 0 Å². The molecule has 0 bridgehead atoms. The third kappa shape index (κ3) is 4.56. The Morgan fingerprint density at radius 1 is 0.298 bits per heavy atom. The molecule has 0 amide bonds. The maximum absolute atomic E-state index is 2.59. The topological polar surface area (TPSA) is 0 Å². The smallest absolute Gasteiger partial charge is 0.0165 e. The standard InChI is InChI=1S/C57H50/c1-31-15-17-35(21-33(31)3)36-19-20-37-24-43-44-27-51-45(28-50(44)55(5,6)49(43)25-39(37)23-36)46-29-53-47(30-52(46)56(51,7)8)48-26-42(38-18-16-32(2)34(4)22-38)40-13-11-12-14-41(40)54(48)57(53,9)10/h11-30H,1-10H3. The van der Waals surface area contributed by atoms with Crippen LogP contribution in [0.2, 0.25) is 0 Å². The van der Waals surface area contributed by atoms with Gasteiger partial charge in [0.25, 0.3) is 0 Å². The minimum absolute atomic E-state index is 0.118. The number of hydrogen-bond donors (Lipinski definition) is 0. The lowest BCUT2D eigenvalue weighted by Crippen LogP contribution is -2.17. The zero-order valence-corrected chi connectivity index (χ0v) is 35.0. The van der Waals surface area contributed by atoms with Crippen LogP contribution in [0, 0.1) is 27.7 Å². The molecule has 0 heteroatoms. The van der Waals surface area contributed by atoms with Crippen LogP contribution in [-0.4, -0.2) is 0 Å². The van der Waals surface area contributed by atoms with Crippen molar-refractivity contribution in [3.63, 3.8) is 0 Å². The molecule has 0 heterocycles. The summed E-state index contributed by atoms with van der Waals surface area (Å²) in [6.07, 6.45) is 0. The van der Waals surface area contributed by atoms with Crippen molar-refractivity contribution in [3.05, 3.63) is 177 Å². The largest absolute Gasteiger partial charge is 0.0616 e. The molecular formula is C57H50. The molecule has 0 saturated heterocycles. The molecular weight excluding hydrogens is 685 g/mol. The molecule has 3 aliphatic rings. The van der Waals surface area contributed by atoms with Gasteiger partial charge in [-0.1, -0.05) is 114 Å². The minimum atomic E-state index is -0.142. The molecule has 0 spiro atoms. The van der Waals surface area contributed by atoms with E-state index in [2.05, 4.69) is 191 Å². The summed E-state index contributed by atoms with van der Waals surface area (Å²) >= 11 is 0. The number of rotatable bonds is 2. The van der Waals surface area contributed by atoms with E-state index in [-0.39, 0.29) is 16.2 Å². The highest BCUT2D eigenvalue weighted by Gasteiger charge is 2.45. The van der Waals surface area contributed by atoms with Crippen molar-refractivity contribution in [1.82, 2.24) is 0 Å². The predicted molar refractivity (Wildman–Crippen MR) is 244 cm³/mol. The first-order valence-electron chi connectivity index (χ1n) is 20.8. The second-order valence-electron chi connectivity index (χ2n) is 19.2. The summed E-state index contributed by atoms with van der Waals surface area (Å²) in [7, 11) is 0. The zero-order chi connectivity index (χ0) is 39.5. The average molecular weight is 735 g/mol. The first-order valence-corrected chi connectivity index (χ1v) is 20.8. The molecule has 8 aromatic rings. The van der Waals surface area contributed by atoms with E-state index in [1.54, 1.807) is 0 Å². The van der Waals surface area contributed by atoms with E-state index in [1.807, 2.05) is 0 Å². The number of fused-ring (bicyclic) bond motifs is 12. The van der Waals surface area contributed by atoms with Crippen LogP contribution in [0.5, 0.6) is 0 Å². The van der Waals surface area contributed by atoms with Gasteiger partial charge in [0, 0.05) is 16.2 Å². The highest BCUT2D eigenvalue weighted by Crippen LogP contribution is 2.60. The second kappa shape index (κ2) is 11.2. The third-order valence-electron chi connectivity index (χ3n) is 14.9. The Balaban J connectivity index is 1.07. The van der Waals surface area contributed by atoms with Crippen LogP contribution in [0.15, 0.2) is 121 Å². The molecule has 0 unspecified atom stereocenters. The van der Waals surface area contributed by atoms with E-state index in [1.165, 1.54) is 133 Å². The molecule has 0 atom stereocenters. The Morgan fingerprint density at radius 2 is 0.754 bits per heavy atom. The van der Waals surface area contributed by atoms with Gasteiger partial charge in [0.15, 0.2) is 0 Å². The van der Waals surface area contributed by atoms with Crippen molar-refractivity contribution in [2.24, 2.45) is 0 Å². The lowest BCUT2D eigenvalue weighted by molar-refractivity contribution is 0.650.